The first-order valence-corrected chi connectivity index (χ1v) is 8.90. The van der Waals surface area contributed by atoms with E-state index >= 15 is 0 Å². The number of anilines is 1. The third-order valence-electron chi connectivity index (χ3n) is 4.80. The molecule has 1 unspecified atom stereocenters. The fourth-order valence-electron chi connectivity index (χ4n) is 3.55. The quantitative estimate of drug-likeness (QED) is 0.434. The van der Waals surface area contributed by atoms with Gasteiger partial charge in [0.1, 0.15) is 5.82 Å². The molecular formula is C21H25FN4. The molecule has 4 N–H and O–H groups in total. The molecule has 0 radical (unpaired) electrons. The molecule has 26 heavy (non-hydrogen) atoms. The third kappa shape index (κ3) is 3.78. The monoisotopic (exact) mass is 352 g/mol. The first kappa shape index (κ1) is 18.1. The lowest BCUT2D eigenvalue weighted by atomic mass is 9.94. The number of rotatable bonds is 5. The lowest BCUT2D eigenvalue weighted by Gasteiger charge is -2.26. The zero-order valence-electron chi connectivity index (χ0n) is 15.1. The summed E-state index contributed by atoms with van der Waals surface area (Å²) in [6.07, 6.45) is 5.59. The van der Waals surface area contributed by atoms with E-state index in [-0.39, 0.29) is 5.82 Å². The van der Waals surface area contributed by atoms with E-state index in [0.29, 0.717) is 11.6 Å². The Labute approximate surface area is 154 Å². The molecule has 0 amide bonds. The van der Waals surface area contributed by atoms with Crippen molar-refractivity contribution in [3.8, 4) is 11.1 Å². The molecule has 0 aromatic heterocycles. The van der Waals surface area contributed by atoms with Gasteiger partial charge in [-0.1, -0.05) is 24.8 Å². The van der Waals surface area contributed by atoms with Crippen LogP contribution in [0.15, 0.2) is 42.0 Å². The van der Waals surface area contributed by atoms with E-state index < -0.39 is 0 Å². The minimum absolute atomic E-state index is 0.239. The van der Waals surface area contributed by atoms with Gasteiger partial charge in [-0.3, -0.25) is 0 Å². The van der Waals surface area contributed by atoms with Crippen LogP contribution in [0, 0.1) is 12.7 Å². The van der Waals surface area contributed by atoms with Crippen LogP contribution in [0.3, 0.4) is 0 Å². The van der Waals surface area contributed by atoms with E-state index in [1.54, 1.807) is 18.4 Å². The Morgan fingerprint density at radius 2 is 2.23 bits per heavy atom. The van der Waals surface area contributed by atoms with Crippen LogP contribution in [0.25, 0.3) is 17.2 Å². The van der Waals surface area contributed by atoms with Gasteiger partial charge in [0.15, 0.2) is 0 Å². The number of benzene rings is 2. The second kappa shape index (κ2) is 8.15. The fourth-order valence-corrected chi connectivity index (χ4v) is 3.55. The summed E-state index contributed by atoms with van der Waals surface area (Å²) in [5, 5.41) is 10.7. The maximum absolute atomic E-state index is 14.5. The Hall–Kier alpha value is -2.66. The molecule has 3 rings (SSSR count). The van der Waals surface area contributed by atoms with Crippen molar-refractivity contribution in [1.29, 1.82) is 0 Å². The Morgan fingerprint density at radius 3 is 2.88 bits per heavy atom. The molecule has 136 valence electrons. The first-order valence-electron chi connectivity index (χ1n) is 8.90. The molecule has 2 aromatic carbocycles. The van der Waals surface area contributed by atoms with Gasteiger partial charge in [0, 0.05) is 35.0 Å². The minimum atomic E-state index is -0.239. The van der Waals surface area contributed by atoms with Crippen molar-refractivity contribution >= 4 is 18.0 Å². The lowest BCUT2D eigenvalue weighted by molar-refractivity contribution is 0.480. The zero-order valence-corrected chi connectivity index (χ0v) is 15.1. The van der Waals surface area contributed by atoms with Gasteiger partial charge in [-0.05, 0) is 55.6 Å². The molecule has 0 bridgehead atoms. The Bertz CT molecular complexity index is 803. The number of halogens is 1. The van der Waals surface area contributed by atoms with Crippen molar-refractivity contribution < 1.29 is 4.39 Å². The number of nitrogens with zero attached hydrogens (tertiary/aromatic N) is 1. The smallest absolute Gasteiger partial charge is 0.131 e. The van der Waals surface area contributed by atoms with Gasteiger partial charge in [0.2, 0.25) is 0 Å². The van der Waals surface area contributed by atoms with Crippen LogP contribution >= 0.6 is 0 Å². The molecule has 1 aliphatic rings. The first-order chi connectivity index (χ1) is 12.6. The summed E-state index contributed by atoms with van der Waals surface area (Å²) in [5.41, 5.74) is 4.93. The highest BCUT2D eigenvalue weighted by Crippen LogP contribution is 2.33. The molecule has 1 heterocycles. The second-order valence-electron chi connectivity index (χ2n) is 6.63. The van der Waals surface area contributed by atoms with Crippen LogP contribution in [0.1, 0.15) is 29.5 Å². The molecule has 5 heteroatoms. The van der Waals surface area contributed by atoms with E-state index in [1.165, 1.54) is 6.07 Å². The molecular weight excluding hydrogens is 327 g/mol. The summed E-state index contributed by atoms with van der Waals surface area (Å²) >= 11 is 0. The summed E-state index contributed by atoms with van der Waals surface area (Å²) in [4.78, 5) is 0. The van der Waals surface area contributed by atoms with Gasteiger partial charge in [-0.15, -0.1) is 0 Å². The summed E-state index contributed by atoms with van der Waals surface area (Å²) in [6.45, 7) is 7.79. The summed E-state index contributed by atoms with van der Waals surface area (Å²) in [7, 11) is 0. The number of nitrogens with two attached hydrogens (primary N) is 1. The second-order valence-corrected chi connectivity index (χ2v) is 6.63. The molecule has 2 aromatic rings. The normalized spacial score (nSPS) is 17.4. The van der Waals surface area contributed by atoms with Gasteiger partial charge < -0.3 is 16.5 Å². The molecule has 4 nitrogen and oxygen atoms in total. The fraction of sp³-hybridized carbons (Fsp3) is 0.286. The van der Waals surface area contributed by atoms with Crippen molar-refractivity contribution in [3.63, 3.8) is 0 Å². The van der Waals surface area contributed by atoms with Gasteiger partial charge in [-0.25, -0.2) is 4.39 Å². The van der Waals surface area contributed by atoms with Crippen molar-refractivity contribution in [2.24, 2.45) is 10.9 Å². The van der Waals surface area contributed by atoms with E-state index in [4.69, 9.17) is 5.84 Å². The third-order valence-corrected chi connectivity index (χ3v) is 4.80. The highest BCUT2D eigenvalue weighted by molar-refractivity contribution is 5.92. The summed E-state index contributed by atoms with van der Waals surface area (Å²) in [6, 6.07) is 9.34. The molecule has 1 saturated heterocycles. The standard InChI is InChI=1S/C21H25FN4/c1-3-18-16(12-25-23)10-15(21-14(2)6-4-8-19(21)22)11-20(18)26-17-7-5-9-24-13-17/h3-4,6,8,10-12,17,24,26H,1,5,7,9,13,23H2,2H3/b25-12-. The number of hydrazone groups is 1. The Kier molecular flexibility index (Phi) is 5.68. The topological polar surface area (TPSA) is 62.4 Å². The predicted molar refractivity (Wildman–Crippen MR) is 108 cm³/mol. The van der Waals surface area contributed by atoms with E-state index in [1.807, 2.05) is 25.1 Å². The average Bonchev–Trinajstić information content (AvgIpc) is 2.63. The number of hydrogen-bond acceptors (Lipinski definition) is 4. The maximum atomic E-state index is 14.5. The molecule has 0 saturated carbocycles. The Morgan fingerprint density at radius 1 is 1.38 bits per heavy atom. The van der Waals surface area contributed by atoms with Crippen molar-refractivity contribution in [2.75, 3.05) is 18.4 Å². The van der Waals surface area contributed by atoms with Gasteiger partial charge in [0.25, 0.3) is 0 Å². The average molecular weight is 352 g/mol. The van der Waals surface area contributed by atoms with E-state index in [9.17, 15) is 4.39 Å². The highest BCUT2D eigenvalue weighted by Gasteiger charge is 2.17. The predicted octanol–water partition coefficient (Wildman–Crippen LogP) is 3.90. The van der Waals surface area contributed by atoms with Crippen LogP contribution < -0.4 is 16.5 Å². The van der Waals surface area contributed by atoms with Gasteiger partial charge >= 0.3 is 0 Å². The molecule has 1 aliphatic heterocycles. The minimum Gasteiger partial charge on any atom is -0.381 e. The van der Waals surface area contributed by atoms with Crippen molar-refractivity contribution in [3.05, 3.63) is 59.4 Å². The number of aryl methyl sites for hydroxylation is 1. The van der Waals surface area contributed by atoms with Crippen molar-refractivity contribution in [2.45, 2.75) is 25.8 Å². The van der Waals surface area contributed by atoms with Crippen molar-refractivity contribution in [1.82, 2.24) is 5.32 Å². The van der Waals surface area contributed by atoms with Crippen LogP contribution in [-0.2, 0) is 0 Å². The highest BCUT2D eigenvalue weighted by atomic mass is 19.1. The SMILES string of the molecule is C=Cc1c(/C=N\N)cc(-c2c(C)cccc2F)cc1NC1CCCNC1. The van der Waals surface area contributed by atoms with E-state index in [0.717, 1.165) is 53.9 Å². The number of hydrogen-bond donors (Lipinski definition) is 3. The lowest BCUT2D eigenvalue weighted by Crippen LogP contribution is -2.38. The summed E-state index contributed by atoms with van der Waals surface area (Å²) in [5.74, 6) is 5.16. The molecule has 0 aliphatic carbocycles. The van der Waals surface area contributed by atoms with Crippen LogP contribution in [0.2, 0.25) is 0 Å². The van der Waals surface area contributed by atoms with E-state index in [2.05, 4.69) is 22.3 Å². The molecule has 1 atom stereocenters. The maximum Gasteiger partial charge on any atom is 0.131 e. The van der Waals surface area contributed by atoms with Gasteiger partial charge in [0.05, 0.1) is 6.21 Å². The molecule has 0 spiro atoms. The number of nitrogens with one attached hydrogen (secondary N) is 2. The zero-order chi connectivity index (χ0) is 18.5. The van der Waals surface area contributed by atoms with Crippen LogP contribution in [0.4, 0.5) is 10.1 Å². The largest absolute Gasteiger partial charge is 0.381 e. The Balaban J connectivity index is 2.12. The molecule has 1 fully saturated rings. The number of piperidine rings is 1. The summed E-state index contributed by atoms with van der Waals surface area (Å²) < 4.78 is 14.5. The van der Waals surface area contributed by atoms with Crippen LogP contribution in [-0.4, -0.2) is 25.3 Å². The van der Waals surface area contributed by atoms with Gasteiger partial charge in [-0.2, -0.15) is 5.10 Å². The van der Waals surface area contributed by atoms with Crippen LogP contribution in [0.5, 0.6) is 0 Å².